The summed E-state index contributed by atoms with van der Waals surface area (Å²) in [7, 11) is 0. The molecule has 1 aliphatic rings. The van der Waals surface area contributed by atoms with Crippen molar-refractivity contribution in [2.24, 2.45) is 0 Å². The minimum atomic E-state index is -0.467. The highest BCUT2D eigenvalue weighted by Crippen LogP contribution is 2.44. The molecule has 0 bridgehead atoms. The minimum absolute atomic E-state index is 0.0425. The van der Waals surface area contributed by atoms with Crippen molar-refractivity contribution in [3.8, 4) is 11.1 Å². The number of carbonyl (C=O) groups excluding carboxylic acids is 1. The summed E-state index contributed by atoms with van der Waals surface area (Å²) in [4.78, 5) is 29.1. The molecule has 1 aliphatic carbocycles. The van der Waals surface area contributed by atoms with Gasteiger partial charge in [-0.15, -0.1) is 0 Å². The lowest BCUT2D eigenvalue weighted by Crippen LogP contribution is -2.26. The van der Waals surface area contributed by atoms with Gasteiger partial charge in [0, 0.05) is 30.4 Å². The first-order valence-corrected chi connectivity index (χ1v) is 9.02. The van der Waals surface area contributed by atoms with Crippen LogP contribution in [0.4, 0.5) is 4.79 Å². The molecule has 0 spiro atoms. The molecule has 0 radical (unpaired) electrons. The second kappa shape index (κ2) is 7.92. The fourth-order valence-electron chi connectivity index (χ4n) is 3.43. The molecule has 0 fully saturated rings. The molecule has 3 aromatic rings. The first-order valence-electron chi connectivity index (χ1n) is 9.02. The fraction of sp³-hybridized carbons (Fsp3) is 0.136. The maximum absolute atomic E-state index is 12.1. The van der Waals surface area contributed by atoms with E-state index in [0.717, 1.165) is 5.56 Å². The van der Waals surface area contributed by atoms with Crippen molar-refractivity contribution in [1.29, 1.82) is 0 Å². The van der Waals surface area contributed by atoms with Crippen LogP contribution in [0.3, 0.4) is 0 Å². The summed E-state index contributed by atoms with van der Waals surface area (Å²) in [6, 6.07) is 16.4. The van der Waals surface area contributed by atoms with Crippen LogP contribution in [-0.4, -0.2) is 29.2 Å². The zero-order valence-electron chi connectivity index (χ0n) is 15.1. The highest BCUT2D eigenvalue weighted by atomic mass is 16.5. The molecule has 6 nitrogen and oxygen atoms in total. The van der Waals surface area contributed by atoms with Gasteiger partial charge < -0.3 is 15.0 Å². The van der Waals surface area contributed by atoms with Crippen LogP contribution >= 0.6 is 0 Å². The lowest BCUT2D eigenvalue weighted by Gasteiger charge is -2.14. The molecule has 0 saturated heterocycles. The van der Waals surface area contributed by atoms with Crippen LogP contribution in [0.1, 0.15) is 22.6 Å². The van der Waals surface area contributed by atoms with Gasteiger partial charge in [0.1, 0.15) is 6.61 Å². The van der Waals surface area contributed by atoms with Crippen LogP contribution in [-0.2, 0) is 4.74 Å². The van der Waals surface area contributed by atoms with Crippen LogP contribution in [0.5, 0.6) is 0 Å². The Morgan fingerprint density at radius 1 is 1.11 bits per heavy atom. The van der Waals surface area contributed by atoms with Gasteiger partial charge in [0.05, 0.1) is 0 Å². The van der Waals surface area contributed by atoms with Crippen molar-refractivity contribution >= 4 is 12.2 Å². The number of nitrogens with zero attached hydrogens (tertiary/aromatic N) is 1. The van der Waals surface area contributed by atoms with E-state index in [1.54, 1.807) is 18.3 Å². The highest BCUT2D eigenvalue weighted by Gasteiger charge is 2.28. The van der Waals surface area contributed by atoms with Crippen LogP contribution in [0, 0.1) is 0 Å². The molecule has 0 saturated carbocycles. The SMILES string of the molecule is O=C(NCC=Cc1cnc(=O)[nH]c1)OCC1c2ccccc2-c2ccccc21. The zero-order valence-corrected chi connectivity index (χ0v) is 15.1. The lowest BCUT2D eigenvalue weighted by atomic mass is 9.98. The molecule has 6 heteroatoms. The third-order valence-corrected chi connectivity index (χ3v) is 4.71. The summed E-state index contributed by atoms with van der Waals surface area (Å²) in [5.41, 5.74) is 5.11. The quantitative estimate of drug-likeness (QED) is 0.719. The van der Waals surface area contributed by atoms with E-state index in [2.05, 4.69) is 39.6 Å². The maximum Gasteiger partial charge on any atom is 0.407 e. The highest BCUT2D eigenvalue weighted by molar-refractivity contribution is 5.79. The number of nitrogens with one attached hydrogen (secondary N) is 2. The van der Waals surface area contributed by atoms with Crippen molar-refractivity contribution < 1.29 is 9.53 Å². The Bertz CT molecular complexity index is 1020. The predicted octanol–water partition coefficient (Wildman–Crippen LogP) is 3.32. The number of alkyl carbamates (subject to hydrolysis) is 1. The predicted molar refractivity (Wildman–Crippen MR) is 107 cm³/mol. The normalized spacial score (nSPS) is 12.6. The van der Waals surface area contributed by atoms with Crippen LogP contribution in [0.15, 0.2) is 71.8 Å². The molecule has 0 atom stereocenters. The number of carbonyl (C=O) groups is 1. The Morgan fingerprint density at radius 3 is 2.43 bits per heavy atom. The van der Waals surface area contributed by atoms with Crippen molar-refractivity contribution in [2.75, 3.05) is 13.2 Å². The Balaban J connectivity index is 1.34. The minimum Gasteiger partial charge on any atom is -0.449 e. The molecule has 2 N–H and O–H groups in total. The van der Waals surface area contributed by atoms with Crippen LogP contribution in [0.25, 0.3) is 17.2 Å². The van der Waals surface area contributed by atoms with E-state index in [4.69, 9.17) is 4.74 Å². The number of aromatic nitrogens is 2. The maximum atomic E-state index is 12.1. The Morgan fingerprint density at radius 2 is 1.79 bits per heavy atom. The molecule has 1 aromatic heterocycles. The number of benzene rings is 2. The summed E-state index contributed by atoms with van der Waals surface area (Å²) < 4.78 is 5.46. The fourth-order valence-corrected chi connectivity index (χ4v) is 3.43. The summed E-state index contributed by atoms with van der Waals surface area (Å²) in [6.07, 6.45) is 6.07. The first kappa shape index (κ1) is 17.7. The van der Waals surface area contributed by atoms with Gasteiger partial charge in [0.15, 0.2) is 0 Å². The molecular formula is C22H19N3O3. The van der Waals surface area contributed by atoms with E-state index in [9.17, 15) is 9.59 Å². The van der Waals surface area contributed by atoms with E-state index in [1.165, 1.54) is 28.5 Å². The van der Waals surface area contributed by atoms with Crippen LogP contribution in [0.2, 0.25) is 0 Å². The Hall–Kier alpha value is -3.67. The summed E-state index contributed by atoms with van der Waals surface area (Å²) >= 11 is 0. The van der Waals surface area contributed by atoms with Gasteiger partial charge in [-0.05, 0) is 22.3 Å². The number of ether oxygens (including phenoxy) is 1. The van der Waals surface area contributed by atoms with Gasteiger partial charge in [-0.1, -0.05) is 60.7 Å². The number of rotatable bonds is 5. The van der Waals surface area contributed by atoms with E-state index in [-0.39, 0.29) is 12.5 Å². The van der Waals surface area contributed by atoms with E-state index in [0.29, 0.717) is 6.54 Å². The molecule has 0 unspecified atom stereocenters. The molecule has 2 aromatic carbocycles. The van der Waals surface area contributed by atoms with Crippen molar-refractivity contribution in [1.82, 2.24) is 15.3 Å². The van der Waals surface area contributed by atoms with Gasteiger partial charge in [0.25, 0.3) is 0 Å². The molecular weight excluding hydrogens is 354 g/mol. The van der Waals surface area contributed by atoms with Gasteiger partial charge in [-0.3, -0.25) is 0 Å². The second-order valence-electron chi connectivity index (χ2n) is 6.46. The number of hydrogen-bond acceptors (Lipinski definition) is 4. The first-order chi connectivity index (χ1) is 13.7. The third kappa shape index (κ3) is 3.71. The number of fused-ring (bicyclic) bond motifs is 3. The average molecular weight is 373 g/mol. The third-order valence-electron chi connectivity index (χ3n) is 4.71. The topological polar surface area (TPSA) is 84.1 Å². The standard InChI is InChI=1S/C22H19N3O3/c26-21-24-12-15(13-25-21)6-5-11-23-22(27)28-14-20-18-9-3-1-7-16(18)17-8-2-4-10-19(17)20/h1-10,12-13,20H,11,14H2,(H,23,27)(H,24,25,26). The summed E-state index contributed by atoms with van der Waals surface area (Å²) in [5, 5.41) is 2.70. The van der Waals surface area contributed by atoms with Crippen molar-refractivity contribution in [3.63, 3.8) is 0 Å². The van der Waals surface area contributed by atoms with Crippen molar-refractivity contribution in [2.45, 2.75) is 5.92 Å². The molecule has 0 aliphatic heterocycles. The average Bonchev–Trinajstić information content (AvgIpc) is 3.05. The number of hydrogen-bond donors (Lipinski definition) is 2. The Kier molecular flexibility index (Phi) is 5.01. The van der Waals surface area contributed by atoms with Gasteiger partial charge in [-0.25, -0.2) is 14.6 Å². The number of amides is 1. The Labute approximate surface area is 161 Å². The van der Waals surface area contributed by atoms with E-state index < -0.39 is 11.8 Å². The molecule has 1 amide bonds. The van der Waals surface area contributed by atoms with E-state index in [1.807, 2.05) is 24.3 Å². The molecule has 1 heterocycles. The van der Waals surface area contributed by atoms with E-state index >= 15 is 0 Å². The zero-order chi connectivity index (χ0) is 19.3. The largest absolute Gasteiger partial charge is 0.449 e. The summed E-state index contributed by atoms with van der Waals surface area (Å²) in [6.45, 7) is 0.600. The molecule has 4 rings (SSSR count). The summed E-state index contributed by atoms with van der Waals surface area (Å²) in [5.74, 6) is 0.0425. The molecule has 28 heavy (non-hydrogen) atoms. The van der Waals surface area contributed by atoms with Gasteiger partial charge in [-0.2, -0.15) is 0 Å². The second-order valence-corrected chi connectivity index (χ2v) is 6.46. The smallest absolute Gasteiger partial charge is 0.407 e. The molecule has 140 valence electrons. The number of H-pyrrole nitrogens is 1. The lowest BCUT2D eigenvalue weighted by molar-refractivity contribution is 0.144. The monoisotopic (exact) mass is 373 g/mol. The van der Waals surface area contributed by atoms with Gasteiger partial charge in [0.2, 0.25) is 0 Å². The van der Waals surface area contributed by atoms with Crippen LogP contribution < -0.4 is 11.0 Å². The van der Waals surface area contributed by atoms with Crippen molar-refractivity contribution in [3.05, 3.63) is 94.2 Å². The number of aromatic amines is 1. The van der Waals surface area contributed by atoms with Gasteiger partial charge >= 0.3 is 11.8 Å².